The van der Waals surface area contributed by atoms with Crippen LogP contribution >= 0.6 is 25.1 Å². The van der Waals surface area contributed by atoms with Gasteiger partial charge in [0.1, 0.15) is 25.3 Å². The molecular weight excluding hydrogens is 650 g/mol. The summed E-state index contributed by atoms with van der Waals surface area (Å²) in [6.45, 7) is 4.46. The lowest BCUT2D eigenvalue weighted by Crippen LogP contribution is -2.52. The van der Waals surface area contributed by atoms with Crippen molar-refractivity contribution in [1.29, 1.82) is 0 Å². The zero-order valence-electron chi connectivity index (χ0n) is 26.9. The zero-order valence-corrected chi connectivity index (χ0v) is 28.7. The van der Waals surface area contributed by atoms with Crippen LogP contribution in [0.15, 0.2) is 77.8 Å². The van der Waals surface area contributed by atoms with E-state index in [-0.39, 0.29) is 58.4 Å². The Bertz CT molecular complexity index is 1490. The molecule has 5 N–H and O–H groups in total. The number of ether oxygens (including phenoxy) is 2. The number of nitrogens with zero attached hydrogens (tertiary/aromatic N) is 1. The molecule has 0 aliphatic heterocycles. The normalized spacial score (nSPS) is 13.1. The second-order valence-corrected chi connectivity index (χ2v) is 12.1. The Balaban J connectivity index is 0.00000400. The highest BCUT2D eigenvalue weighted by molar-refractivity contribution is 7.59. The Labute approximate surface area is 295 Å². The van der Waals surface area contributed by atoms with Crippen LogP contribution in [0.3, 0.4) is 0 Å². The summed E-state index contributed by atoms with van der Waals surface area (Å²) in [5.41, 5.74) is 10.9. The van der Waals surface area contributed by atoms with Gasteiger partial charge in [0, 0.05) is 24.5 Å². The average molecular weight is 698 g/mol. The number of carbonyl (C=O) groups is 3. The van der Waals surface area contributed by atoms with Crippen molar-refractivity contribution in [1.82, 2.24) is 16.0 Å². The topological polar surface area (TPSA) is 144 Å². The van der Waals surface area contributed by atoms with Crippen LogP contribution in [-0.2, 0) is 25.7 Å². The number of nitrogens with two attached hydrogens (primary N) is 1. The predicted octanol–water partition coefficient (Wildman–Crippen LogP) is 5.88. The zero-order chi connectivity index (χ0) is 33.1. The largest absolute Gasteiger partial charge is 0.459 e. The van der Waals surface area contributed by atoms with Gasteiger partial charge in [-0.3, -0.25) is 9.79 Å². The van der Waals surface area contributed by atoms with Crippen LogP contribution in [0, 0.1) is 5.92 Å². The van der Waals surface area contributed by atoms with Gasteiger partial charge in [-0.25, -0.2) is 9.59 Å². The van der Waals surface area contributed by atoms with E-state index in [1.807, 2.05) is 50.2 Å². The third kappa shape index (κ3) is 11.2. The molecule has 4 rings (SSSR count). The molecule has 0 unspecified atom stereocenters. The van der Waals surface area contributed by atoms with Gasteiger partial charge in [-0.15, -0.1) is 0 Å². The Kier molecular flexibility index (Phi) is 16.3. The van der Waals surface area contributed by atoms with E-state index in [1.165, 1.54) is 0 Å². The molecule has 0 bridgehead atoms. The monoisotopic (exact) mass is 697 g/mol. The summed E-state index contributed by atoms with van der Waals surface area (Å²) >= 11 is 5.96. The molecule has 0 saturated carbocycles. The maximum atomic E-state index is 13.6. The standard InChI is InChI=1S/C35H42ClN5O5.CH4.H2S/c1-22(2)19-31(33(43)45-20-23-14-16-24(36)17-15-23)40-32(42)30(13-8-18-39-34(37)38-3)41-35(44)46-21-29-27-11-6-4-9-25(27)26-10-5-7-12-28(26)29;;/h4-7,9-12,14-17,22,29-31H,8,13,18-21H2,1-3H3,(H,40,42)(H,41,44)(H3,37,38,39);1H4;1H2/t30-,31+;;/m1../s1. The Morgan fingerprint density at radius 3 is 2.08 bits per heavy atom. The molecule has 0 spiro atoms. The molecule has 1 aliphatic carbocycles. The number of benzene rings is 3. The second kappa shape index (κ2) is 19.6. The molecule has 2 amide bonds. The van der Waals surface area contributed by atoms with Crippen LogP contribution in [0.5, 0.6) is 0 Å². The summed E-state index contributed by atoms with van der Waals surface area (Å²) in [6.07, 6.45) is 0.367. The van der Waals surface area contributed by atoms with Gasteiger partial charge in [0.25, 0.3) is 0 Å². The minimum atomic E-state index is -0.976. The number of esters is 1. The van der Waals surface area contributed by atoms with E-state index in [0.717, 1.165) is 27.8 Å². The van der Waals surface area contributed by atoms with Crippen LogP contribution in [0.2, 0.25) is 5.02 Å². The molecule has 3 aromatic carbocycles. The van der Waals surface area contributed by atoms with Crippen molar-refractivity contribution >= 4 is 49.0 Å². The smallest absolute Gasteiger partial charge is 0.407 e. The molecule has 10 nitrogen and oxygen atoms in total. The van der Waals surface area contributed by atoms with Gasteiger partial charge >= 0.3 is 12.1 Å². The maximum absolute atomic E-state index is 13.6. The van der Waals surface area contributed by atoms with E-state index in [1.54, 1.807) is 31.3 Å². The van der Waals surface area contributed by atoms with Crippen molar-refractivity contribution in [3.8, 4) is 11.1 Å². The van der Waals surface area contributed by atoms with Gasteiger partial charge in [-0.2, -0.15) is 13.5 Å². The van der Waals surface area contributed by atoms with Gasteiger partial charge in [0.05, 0.1) is 0 Å². The lowest BCUT2D eigenvalue weighted by molar-refractivity contribution is -0.149. The van der Waals surface area contributed by atoms with Gasteiger partial charge in [-0.1, -0.05) is 93.5 Å². The van der Waals surface area contributed by atoms with Crippen molar-refractivity contribution in [2.45, 2.75) is 65.1 Å². The molecular formula is C36H48ClN5O5S. The number of amides is 2. The van der Waals surface area contributed by atoms with Crippen molar-refractivity contribution < 1.29 is 23.9 Å². The minimum Gasteiger partial charge on any atom is -0.459 e. The predicted molar refractivity (Wildman–Crippen MR) is 197 cm³/mol. The van der Waals surface area contributed by atoms with Crippen LogP contribution < -0.4 is 21.7 Å². The summed E-state index contributed by atoms with van der Waals surface area (Å²) in [5, 5.41) is 9.06. The number of alkyl carbamates (subject to hydrolysis) is 1. The van der Waals surface area contributed by atoms with Crippen LogP contribution in [0.1, 0.15) is 63.1 Å². The second-order valence-electron chi connectivity index (χ2n) is 11.6. The van der Waals surface area contributed by atoms with E-state index in [0.29, 0.717) is 24.4 Å². The molecule has 0 fully saturated rings. The fourth-order valence-electron chi connectivity index (χ4n) is 5.45. The van der Waals surface area contributed by atoms with Gasteiger partial charge in [0.2, 0.25) is 5.91 Å². The fraction of sp³-hybridized carbons (Fsp3) is 0.389. The summed E-state index contributed by atoms with van der Waals surface area (Å²) in [7, 11) is 1.57. The third-order valence-corrected chi connectivity index (χ3v) is 8.02. The molecule has 0 heterocycles. The van der Waals surface area contributed by atoms with E-state index < -0.39 is 30.1 Å². The number of hydrogen-bond acceptors (Lipinski definition) is 6. The Hall–Kier alpha value is -4.22. The first-order valence-corrected chi connectivity index (χ1v) is 15.8. The van der Waals surface area contributed by atoms with Crippen molar-refractivity contribution in [2.24, 2.45) is 16.6 Å². The quantitative estimate of drug-likeness (QED) is 0.0712. The number of hydrogen-bond donors (Lipinski definition) is 4. The summed E-state index contributed by atoms with van der Waals surface area (Å²) in [5.74, 6) is -0.852. The van der Waals surface area contributed by atoms with E-state index in [9.17, 15) is 14.4 Å². The Morgan fingerprint density at radius 2 is 1.50 bits per heavy atom. The van der Waals surface area contributed by atoms with Gasteiger partial charge in [-0.05, 0) is 65.1 Å². The minimum absolute atomic E-state index is 0. The van der Waals surface area contributed by atoms with Gasteiger partial charge in [0.15, 0.2) is 5.96 Å². The highest BCUT2D eigenvalue weighted by Gasteiger charge is 2.31. The molecule has 2 atom stereocenters. The van der Waals surface area contributed by atoms with Crippen LogP contribution in [0.25, 0.3) is 11.1 Å². The van der Waals surface area contributed by atoms with Crippen molar-refractivity contribution in [2.75, 3.05) is 20.2 Å². The maximum Gasteiger partial charge on any atom is 0.407 e. The number of fused-ring (bicyclic) bond motifs is 3. The lowest BCUT2D eigenvalue weighted by Gasteiger charge is -2.24. The van der Waals surface area contributed by atoms with Crippen molar-refractivity contribution in [3.63, 3.8) is 0 Å². The van der Waals surface area contributed by atoms with E-state index in [4.69, 9.17) is 26.8 Å². The number of guanidine groups is 1. The number of aliphatic imine (C=N–C) groups is 1. The molecule has 0 saturated heterocycles. The molecule has 3 aromatic rings. The molecule has 0 radical (unpaired) electrons. The van der Waals surface area contributed by atoms with E-state index >= 15 is 0 Å². The van der Waals surface area contributed by atoms with Crippen LogP contribution in [-0.4, -0.2) is 56.2 Å². The molecule has 12 heteroatoms. The number of carbonyl (C=O) groups excluding carboxylic acids is 3. The third-order valence-electron chi connectivity index (χ3n) is 7.77. The fourth-order valence-corrected chi connectivity index (χ4v) is 5.57. The average Bonchev–Trinajstić information content (AvgIpc) is 3.37. The summed E-state index contributed by atoms with van der Waals surface area (Å²) in [6, 6.07) is 21.2. The SMILES string of the molecule is C.CN=C(N)NCCC[C@@H](NC(=O)OCC1c2ccccc2-c2ccccc21)C(=O)N[C@@H](CC(C)C)C(=O)OCc1ccc(Cl)cc1.S. The summed E-state index contributed by atoms with van der Waals surface area (Å²) in [4.78, 5) is 43.7. The molecule has 260 valence electrons. The number of rotatable bonds is 14. The van der Waals surface area contributed by atoms with Crippen molar-refractivity contribution in [3.05, 3.63) is 94.5 Å². The first-order valence-electron chi connectivity index (χ1n) is 15.4. The molecule has 0 aromatic heterocycles. The lowest BCUT2D eigenvalue weighted by atomic mass is 9.98. The Morgan fingerprint density at radius 1 is 0.896 bits per heavy atom. The van der Waals surface area contributed by atoms with E-state index in [2.05, 4.69) is 33.1 Å². The highest BCUT2D eigenvalue weighted by atomic mass is 35.5. The summed E-state index contributed by atoms with van der Waals surface area (Å²) < 4.78 is 11.2. The van der Waals surface area contributed by atoms with Gasteiger partial charge < -0.3 is 31.2 Å². The number of nitrogens with one attached hydrogen (secondary N) is 3. The first-order chi connectivity index (χ1) is 22.2. The molecule has 1 aliphatic rings. The number of halogens is 1. The first kappa shape index (κ1) is 40.0. The highest BCUT2D eigenvalue weighted by Crippen LogP contribution is 2.44. The van der Waals surface area contributed by atoms with Crippen LogP contribution in [0.4, 0.5) is 4.79 Å². The molecule has 48 heavy (non-hydrogen) atoms.